The average molecular weight is 495 g/mol. The lowest BCUT2D eigenvalue weighted by Crippen LogP contribution is -2.17. The average Bonchev–Trinajstić information content (AvgIpc) is 3.58. The van der Waals surface area contributed by atoms with Gasteiger partial charge in [-0.1, -0.05) is 0 Å². The number of aryl methyl sites for hydroxylation is 1. The molecule has 0 unspecified atom stereocenters. The molecule has 0 saturated carbocycles. The number of nitrogens with zero attached hydrogens (tertiary/aromatic N) is 3. The molecule has 5 heterocycles. The lowest BCUT2D eigenvalue weighted by Gasteiger charge is -2.19. The molecule has 2 aliphatic heterocycles. The second-order valence-electron chi connectivity index (χ2n) is 8.63. The summed E-state index contributed by atoms with van der Waals surface area (Å²) in [5.74, 6) is 1.43. The normalized spacial score (nSPS) is 18.6. The number of hydrogen-bond acceptors (Lipinski definition) is 8. The number of aromatic nitrogens is 3. The summed E-state index contributed by atoms with van der Waals surface area (Å²) in [5.41, 5.74) is 2.41. The summed E-state index contributed by atoms with van der Waals surface area (Å²) in [6.07, 6.45) is 1.98. The van der Waals surface area contributed by atoms with E-state index in [0.29, 0.717) is 70.6 Å². The van der Waals surface area contributed by atoms with E-state index in [4.69, 9.17) is 18.9 Å². The fraction of sp³-hybridized carbons (Fsp3) is 0.292. The third-order valence-corrected chi connectivity index (χ3v) is 7.96. The van der Waals surface area contributed by atoms with Crippen molar-refractivity contribution < 1.29 is 27.1 Å². The molecule has 1 saturated heterocycles. The molecule has 2 aliphatic rings. The number of ether oxygens (including phenoxy) is 2. The minimum absolute atomic E-state index is 0.00535. The van der Waals surface area contributed by atoms with E-state index < -0.39 is 9.84 Å². The number of anilines is 1. The molecule has 4 aromatic rings. The first-order chi connectivity index (χ1) is 16.9. The van der Waals surface area contributed by atoms with Crippen LogP contribution < -0.4 is 14.8 Å². The number of nitrogens with one attached hydrogen (secondary N) is 1. The van der Waals surface area contributed by atoms with Crippen LogP contribution in [0.2, 0.25) is 0 Å². The molecular formula is C24H22N4O6S. The van der Waals surface area contributed by atoms with Crippen LogP contribution >= 0.6 is 0 Å². The maximum absolute atomic E-state index is 13.5. The Morgan fingerprint density at radius 3 is 2.71 bits per heavy atom. The van der Waals surface area contributed by atoms with E-state index in [1.807, 2.05) is 0 Å². The van der Waals surface area contributed by atoms with Crippen molar-refractivity contribution in [2.45, 2.75) is 19.4 Å². The topological polar surface area (TPSA) is 126 Å². The monoisotopic (exact) mass is 494 g/mol. The maximum Gasteiger partial charge on any atom is 0.256 e. The van der Waals surface area contributed by atoms with Crippen molar-refractivity contribution in [3.63, 3.8) is 0 Å². The Labute approximate surface area is 200 Å². The zero-order valence-electron chi connectivity index (χ0n) is 18.9. The summed E-state index contributed by atoms with van der Waals surface area (Å²) in [7, 11) is -3.14. The first-order valence-corrected chi connectivity index (χ1v) is 13.1. The number of amides is 1. The van der Waals surface area contributed by atoms with Crippen molar-refractivity contribution in [1.29, 1.82) is 0 Å². The summed E-state index contributed by atoms with van der Waals surface area (Å²) < 4.78 is 42.6. The number of pyridine rings is 1. The summed E-state index contributed by atoms with van der Waals surface area (Å²) in [5, 5.41) is 8.11. The number of furan rings is 1. The fourth-order valence-electron chi connectivity index (χ4n) is 4.59. The molecule has 6 rings (SSSR count). The molecule has 0 radical (unpaired) electrons. The van der Waals surface area contributed by atoms with Crippen LogP contribution in [0.25, 0.3) is 22.5 Å². The highest BCUT2D eigenvalue weighted by Gasteiger charge is 2.32. The van der Waals surface area contributed by atoms with E-state index >= 15 is 0 Å². The van der Waals surface area contributed by atoms with Gasteiger partial charge >= 0.3 is 0 Å². The van der Waals surface area contributed by atoms with Gasteiger partial charge in [-0.05, 0) is 43.7 Å². The maximum atomic E-state index is 13.5. The fourth-order valence-corrected chi connectivity index (χ4v) is 6.28. The molecule has 1 atom stereocenters. The minimum atomic E-state index is -3.14. The van der Waals surface area contributed by atoms with Gasteiger partial charge in [-0.3, -0.25) is 4.79 Å². The molecular weight excluding hydrogens is 472 g/mol. The van der Waals surface area contributed by atoms with Crippen molar-refractivity contribution in [3.05, 3.63) is 53.9 Å². The quantitative estimate of drug-likeness (QED) is 0.458. The Balaban J connectivity index is 1.45. The molecule has 10 nitrogen and oxygen atoms in total. The van der Waals surface area contributed by atoms with E-state index in [0.717, 1.165) is 0 Å². The molecule has 11 heteroatoms. The molecule has 0 aliphatic carbocycles. The SMILES string of the molecule is Cc1nn([C@H]2CCS(=O)(=O)C2)c2nc(-c3ccco3)cc(C(=O)Nc3ccc4c(c3)OCCO4)c12. The van der Waals surface area contributed by atoms with Crippen molar-refractivity contribution in [2.24, 2.45) is 0 Å². The molecule has 3 aromatic heterocycles. The number of carbonyl (C=O) groups is 1. The largest absolute Gasteiger partial charge is 0.486 e. The molecule has 0 bridgehead atoms. The number of hydrogen-bond donors (Lipinski definition) is 1. The second kappa shape index (κ2) is 8.12. The third-order valence-electron chi connectivity index (χ3n) is 6.21. The predicted molar refractivity (Wildman–Crippen MR) is 128 cm³/mol. The van der Waals surface area contributed by atoms with Gasteiger partial charge in [0.25, 0.3) is 5.91 Å². The smallest absolute Gasteiger partial charge is 0.256 e. The highest BCUT2D eigenvalue weighted by atomic mass is 32.2. The van der Waals surface area contributed by atoms with Gasteiger partial charge in [0.05, 0.1) is 40.5 Å². The van der Waals surface area contributed by atoms with Gasteiger partial charge < -0.3 is 19.2 Å². The van der Waals surface area contributed by atoms with Gasteiger partial charge in [0, 0.05) is 11.8 Å². The Bertz CT molecular complexity index is 1560. The zero-order chi connectivity index (χ0) is 24.2. The van der Waals surface area contributed by atoms with Crippen molar-refractivity contribution >= 4 is 32.5 Å². The second-order valence-corrected chi connectivity index (χ2v) is 10.9. The summed E-state index contributed by atoms with van der Waals surface area (Å²) >= 11 is 0. The predicted octanol–water partition coefficient (Wildman–Crippen LogP) is 3.38. The number of benzene rings is 1. The highest BCUT2D eigenvalue weighted by molar-refractivity contribution is 7.91. The summed E-state index contributed by atoms with van der Waals surface area (Å²) in [6.45, 7) is 2.71. The Morgan fingerprint density at radius 1 is 1.14 bits per heavy atom. The van der Waals surface area contributed by atoms with E-state index in [2.05, 4.69) is 10.4 Å². The summed E-state index contributed by atoms with van der Waals surface area (Å²) in [4.78, 5) is 18.3. The molecule has 0 spiro atoms. The van der Waals surface area contributed by atoms with Gasteiger partial charge in [-0.2, -0.15) is 5.10 Å². The van der Waals surface area contributed by atoms with Gasteiger partial charge in [0.2, 0.25) is 0 Å². The van der Waals surface area contributed by atoms with Crippen LogP contribution in [0.3, 0.4) is 0 Å². The van der Waals surface area contributed by atoms with Crippen LogP contribution in [0.4, 0.5) is 5.69 Å². The molecule has 1 N–H and O–H groups in total. The van der Waals surface area contributed by atoms with Crippen LogP contribution in [-0.4, -0.2) is 53.8 Å². The lowest BCUT2D eigenvalue weighted by molar-refractivity contribution is 0.102. The van der Waals surface area contributed by atoms with Crippen LogP contribution in [0.1, 0.15) is 28.5 Å². The van der Waals surface area contributed by atoms with Crippen LogP contribution in [0, 0.1) is 6.92 Å². The standard InChI is InChI=1S/C24H22N4O6S/c1-14-22-17(24(29)25-15-4-5-20-21(11-15)34-9-8-33-20)12-18(19-3-2-7-32-19)26-23(22)28(27-14)16-6-10-35(30,31)13-16/h2-5,7,11-12,16H,6,8-10,13H2,1H3,(H,25,29)/t16-/m0/s1. The molecule has 35 heavy (non-hydrogen) atoms. The first-order valence-electron chi connectivity index (χ1n) is 11.2. The van der Waals surface area contributed by atoms with Gasteiger partial charge in [0.1, 0.15) is 18.9 Å². The molecule has 1 aromatic carbocycles. The number of rotatable bonds is 4. The number of sulfone groups is 1. The minimum Gasteiger partial charge on any atom is -0.486 e. The van der Waals surface area contributed by atoms with E-state index in [1.54, 1.807) is 48.0 Å². The van der Waals surface area contributed by atoms with Crippen LogP contribution in [0.15, 0.2) is 47.1 Å². The van der Waals surface area contributed by atoms with Crippen molar-refractivity contribution in [1.82, 2.24) is 14.8 Å². The highest BCUT2D eigenvalue weighted by Crippen LogP contribution is 2.35. The molecule has 180 valence electrons. The number of carbonyl (C=O) groups excluding carboxylic acids is 1. The van der Waals surface area contributed by atoms with Gasteiger partial charge in [-0.25, -0.2) is 18.1 Å². The Hall–Kier alpha value is -3.86. The Morgan fingerprint density at radius 2 is 1.97 bits per heavy atom. The van der Waals surface area contributed by atoms with Gasteiger partial charge in [0.15, 0.2) is 32.7 Å². The Kier molecular flexibility index (Phi) is 5.03. The van der Waals surface area contributed by atoms with E-state index in [1.165, 1.54) is 6.26 Å². The first kappa shape index (κ1) is 21.7. The molecule has 1 amide bonds. The van der Waals surface area contributed by atoms with E-state index in [9.17, 15) is 13.2 Å². The number of fused-ring (bicyclic) bond motifs is 2. The van der Waals surface area contributed by atoms with Crippen LogP contribution in [0.5, 0.6) is 11.5 Å². The lowest BCUT2D eigenvalue weighted by atomic mass is 10.1. The molecule has 1 fully saturated rings. The van der Waals surface area contributed by atoms with Crippen LogP contribution in [-0.2, 0) is 9.84 Å². The van der Waals surface area contributed by atoms with Crippen molar-refractivity contribution in [3.8, 4) is 23.0 Å². The van der Waals surface area contributed by atoms with Crippen molar-refractivity contribution in [2.75, 3.05) is 30.0 Å². The summed E-state index contributed by atoms with van der Waals surface area (Å²) in [6, 6.07) is 10.0. The third kappa shape index (κ3) is 3.91. The van der Waals surface area contributed by atoms with Gasteiger partial charge in [-0.15, -0.1) is 0 Å². The zero-order valence-corrected chi connectivity index (χ0v) is 19.7. The van der Waals surface area contributed by atoms with E-state index in [-0.39, 0.29) is 23.5 Å².